The summed E-state index contributed by atoms with van der Waals surface area (Å²) in [4.78, 5) is 12.3. The fourth-order valence-corrected chi connectivity index (χ4v) is 1.30. The molecule has 2 heterocycles. The topological polar surface area (TPSA) is 86.0 Å². The Hall–Kier alpha value is -2.21. The summed E-state index contributed by atoms with van der Waals surface area (Å²) in [5.74, 6) is 6.41. The number of nitrogens with zero attached hydrogens (tertiary/aromatic N) is 3. The smallest absolute Gasteiger partial charge is 0.212 e. The molecule has 3 N–H and O–H groups in total. The van der Waals surface area contributed by atoms with E-state index in [1.165, 1.54) is 0 Å². The molecule has 0 aliphatic carbocycles. The predicted molar refractivity (Wildman–Crippen MR) is 59.6 cm³/mol. The van der Waals surface area contributed by atoms with Crippen LogP contribution in [-0.2, 0) is 0 Å². The molecule has 0 spiro atoms. The average Bonchev–Trinajstić information content (AvgIpc) is 2.39. The van der Waals surface area contributed by atoms with Crippen LogP contribution in [0.5, 0.6) is 5.88 Å². The Balaban J connectivity index is 2.42. The lowest BCUT2D eigenvalue weighted by atomic mass is 10.2. The molecule has 0 aliphatic rings. The maximum atomic E-state index is 5.35. The number of hydrogen-bond donors (Lipinski definition) is 2. The Labute approximate surface area is 92.5 Å². The van der Waals surface area contributed by atoms with E-state index in [9.17, 15) is 0 Å². The molecule has 2 rings (SSSR count). The van der Waals surface area contributed by atoms with Crippen LogP contribution in [0.3, 0.4) is 0 Å². The van der Waals surface area contributed by atoms with Gasteiger partial charge in [0.15, 0.2) is 5.82 Å². The summed E-state index contributed by atoms with van der Waals surface area (Å²) in [6.45, 7) is 0. The molecule has 16 heavy (non-hydrogen) atoms. The van der Waals surface area contributed by atoms with Crippen molar-refractivity contribution in [2.24, 2.45) is 5.84 Å². The number of nitrogen functional groups attached to an aromatic ring is 1. The van der Waals surface area contributed by atoms with Gasteiger partial charge in [0.05, 0.1) is 7.11 Å². The van der Waals surface area contributed by atoms with Crippen LogP contribution in [0.25, 0.3) is 11.3 Å². The van der Waals surface area contributed by atoms with Gasteiger partial charge < -0.3 is 10.2 Å². The molecule has 0 amide bonds. The summed E-state index contributed by atoms with van der Waals surface area (Å²) in [7, 11) is 1.57. The summed E-state index contributed by atoms with van der Waals surface area (Å²) in [5, 5.41) is 0. The fourth-order valence-electron chi connectivity index (χ4n) is 1.30. The maximum Gasteiger partial charge on any atom is 0.212 e. The number of methoxy groups -OCH3 is 1. The zero-order chi connectivity index (χ0) is 11.4. The van der Waals surface area contributed by atoms with Crippen molar-refractivity contribution >= 4 is 5.82 Å². The van der Waals surface area contributed by atoms with E-state index < -0.39 is 0 Å². The van der Waals surface area contributed by atoms with Crippen LogP contribution in [0.2, 0.25) is 0 Å². The highest BCUT2D eigenvalue weighted by Crippen LogP contribution is 2.22. The molecule has 0 saturated heterocycles. The number of pyridine rings is 1. The largest absolute Gasteiger partial charge is 0.481 e. The van der Waals surface area contributed by atoms with Crippen LogP contribution < -0.4 is 16.0 Å². The first-order valence-electron chi connectivity index (χ1n) is 4.63. The molecule has 0 radical (unpaired) electrons. The lowest BCUT2D eigenvalue weighted by molar-refractivity contribution is 0.398. The molecular formula is C10H11N5O. The normalized spacial score (nSPS) is 9.88. The number of aromatic nitrogens is 3. The third-order valence-electron chi connectivity index (χ3n) is 2.05. The Morgan fingerprint density at radius 1 is 1.19 bits per heavy atom. The van der Waals surface area contributed by atoms with Crippen LogP contribution in [-0.4, -0.2) is 22.1 Å². The van der Waals surface area contributed by atoms with Gasteiger partial charge in [-0.1, -0.05) is 0 Å². The van der Waals surface area contributed by atoms with E-state index in [0.29, 0.717) is 17.4 Å². The quantitative estimate of drug-likeness (QED) is 0.585. The molecule has 0 unspecified atom stereocenters. The molecule has 6 nitrogen and oxygen atoms in total. The third-order valence-corrected chi connectivity index (χ3v) is 2.05. The van der Waals surface area contributed by atoms with Crippen LogP contribution in [0, 0.1) is 0 Å². The van der Waals surface area contributed by atoms with Crippen molar-refractivity contribution in [1.82, 2.24) is 15.0 Å². The molecule has 2 aromatic heterocycles. The Bertz CT molecular complexity index is 471. The van der Waals surface area contributed by atoms with E-state index >= 15 is 0 Å². The number of nitrogens with one attached hydrogen (secondary N) is 1. The molecular weight excluding hydrogens is 206 g/mol. The van der Waals surface area contributed by atoms with Gasteiger partial charge in [0.1, 0.15) is 5.69 Å². The first kappa shape index (κ1) is 10.3. The van der Waals surface area contributed by atoms with E-state index in [0.717, 1.165) is 5.56 Å². The van der Waals surface area contributed by atoms with Gasteiger partial charge in [0, 0.05) is 30.2 Å². The van der Waals surface area contributed by atoms with Crippen LogP contribution in [0.1, 0.15) is 0 Å². The Kier molecular flexibility index (Phi) is 2.93. The summed E-state index contributed by atoms with van der Waals surface area (Å²) < 4.78 is 4.97. The van der Waals surface area contributed by atoms with E-state index in [-0.39, 0.29) is 0 Å². The van der Waals surface area contributed by atoms with E-state index in [1.807, 2.05) is 6.07 Å². The summed E-state index contributed by atoms with van der Waals surface area (Å²) >= 11 is 0. The molecule has 0 saturated carbocycles. The number of anilines is 1. The lowest BCUT2D eigenvalue weighted by Gasteiger charge is -2.06. The molecule has 0 fully saturated rings. The van der Waals surface area contributed by atoms with E-state index in [2.05, 4.69) is 20.4 Å². The summed E-state index contributed by atoms with van der Waals surface area (Å²) in [6.07, 6.45) is 4.82. The number of hydrogen-bond acceptors (Lipinski definition) is 6. The first-order valence-corrected chi connectivity index (χ1v) is 4.63. The van der Waals surface area contributed by atoms with Crippen molar-refractivity contribution in [1.29, 1.82) is 0 Å². The van der Waals surface area contributed by atoms with Crippen molar-refractivity contribution in [3.8, 4) is 17.1 Å². The standard InChI is InChI=1S/C10H11N5O/c1-16-8-3-2-7(6-14-8)9-10(15-11)13-5-4-12-9/h2-6H,11H2,1H3,(H,13,15). The predicted octanol–water partition coefficient (Wildman–Crippen LogP) is 0.833. The van der Waals surface area contributed by atoms with Gasteiger partial charge in [-0.2, -0.15) is 0 Å². The molecule has 82 valence electrons. The van der Waals surface area contributed by atoms with Gasteiger partial charge in [-0.3, -0.25) is 4.98 Å². The lowest BCUT2D eigenvalue weighted by Crippen LogP contribution is -2.10. The Morgan fingerprint density at radius 3 is 2.62 bits per heavy atom. The van der Waals surface area contributed by atoms with Gasteiger partial charge in [-0.15, -0.1) is 0 Å². The second-order valence-electron chi connectivity index (χ2n) is 2.99. The molecule has 6 heteroatoms. The first-order chi connectivity index (χ1) is 7.85. The van der Waals surface area contributed by atoms with E-state index in [4.69, 9.17) is 10.6 Å². The van der Waals surface area contributed by atoms with Gasteiger partial charge in [0.25, 0.3) is 0 Å². The minimum atomic E-state index is 0.509. The van der Waals surface area contributed by atoms with Gasteiger partial charge in [0.2, 0.25) is 5.88 Å². The highest BCUT2D eigenvalue weighted by molar-refractivity contribution is 5.70. The van der Waals surface area contributed by atoms with Crippen molar-refractivity contribution in [2.75, 3.05) is 12.5 Å². The van der Waals surface area contributed by atoms with Crippen molar-refractivity contribution < 1.29 is 4.74 Å². The van der Waals surface area contributed by atoms with E-state index in [1.54, 1.807) is 31.8 Å². The molecule has 0 bridgehead atoms. The third kappa shape index (κ3) is 1.91. The molecule has 0 aromatic carbocycles. The van der Waals surface area contributed by atoms with Gasteiger partial charge >= 0.3 is 0 Å². The van der Waals surface area contributed by atoms with Gasteiger partial charge in [-0.25, -0.2) is 15.8 Å². The van der Waals surface area contributed by atoms with Crippen molar-refractivity contribution in [3.05, 3.63) is 30.7 Å². The highest BCUT2D eigenvalue weighted by Gasteiger charge is 2.06. The van der Waals surface area contributed by atoms with Crippen LogP contribution in [0.4, 0.5) is 5.82 Å². The molecule has 0 aliphatic heterocycles. The van der Waals surface area contributed by atoms with Crippen molar-refractivity contribution in [2.45, 2.75) is 0 Å². The van der Waals surface area contributed by atoms with Crippen LogP contribution >= 0.6 is 0 Å². The average molecular weight is 217 g/mol. The monoisotopic (exact) mass is 217 g/mol. The van der Waals surface area contributed by atoms with Crippen LogP contribution in [0.15, 0.2) is 30.7 Å². The second kappa shape index (κ2) is 4.54. The fraction of sp³-hybridized carbons (Fsp3) is 0.100. The minimum absolute atomic E-state index is 0.509. The number of ether oxygens (including phenoxy) is 1. The summed E-state index contributed by atoms with van der Waals surface area (Å²) in [5.41, 5.74) is 3.96. The molecule has 0 atom stereocenters. The molecule has 2 aromatic rings. The number of rotatable bonds is 3. The van der Waals surface area contributed by atoms with Crippen molar-refractivity contribution in [3.63, 3.8) is 0 Å². The van der Waals surface area contributed by atoms with Gasteiger partial charge in [-0.05, 0) is 6.07 Å². The zero-order valence-electron chi connectivity index (χ0n) is 8.71. The highest BCUT2D eigenvalue weighted by atomic mass is 16.5. The Morgan fingerprint density at radius 2 is 2.00 bits per heavy atom. The SMILES string of the molecule is COc1ccc(-c2nccnc2NN)cn1. The minimum Gasteiger partial charge on any atom is -0.481 e. The number of hydrazine groups is 1. The zero-order valence-corrected chi connectivity index (χ0v) is 8.71. The maximum absolute atomic E-state index is 5.35. The second-order valence-corrected chi connectivity index (χ2v) is 2.99. The number of nitrogens with two attached hydrogens (primary N) is 1. The summed E-state index contributed by atoms with van der Waals surface area (Å²) in [6, 6.07) is 3.60.